The summed E-state index contributed by atoms with van der Waals surface area (Å²) in [6, 6.07) is 7.13. The molecule has 1 aromatic carbocycles. The number of rotatable bonds is 5. The molecule has 0 saturated carbocycles. The van der Waals surface area contributed by atoms with Crippen LogP contribution in [0.2, 0.25) is 0 Å². The summed E-state index contributed by atoms with van der Waals surface area (Å²) in [5, 5.41) is 10.8. The molecule has 128 valence electrons. The molecule has 1 heterocycles. The van der Waals surface area contributed by atoms with Crippen molar-refractivity contribution in [1.82, 2.24) is 4.90 Å². The Morgan fingerprint density at radius 3 is 2.46 bits per heavy atom. The molecular formula is C17H19NO5S. The Balaban J connectivity index is 2.54. The van der Waals surface area contributed by atoms with E-state index < -0.39 is 41.8 Å². The third-order valence-corrected chi connectivity index (χ3v) is 4.68. The van der Waals surface area contributed by atoms with Gasteiger partial charge in [0.15, 0.2) is 0 Å². The van der Waals surface area contributed by atoms with E-state index in [1.54, 1.807) is 31.2 Å². The van der Waals surface area contributed by atoms with E-state index in [0.717, 1.165) is 0 Å². The second kappa shape index (κ2) is 7.53. The summed E-state index contributed by atoms with van der Waals surface area (Å²) < 4.78 is 4.83. The zero-order valence-electron chi connectivity index (χ0n) is 13.4. The Kier molecular flexibility index (Phi) is 5.66. The summed E-state index contributed by atoms with van der Waals surface area (Å²) >= 11 is 4.84. The highest BCUT2D eigenvalue weighted by Gasteiger charge is 2.51. The molecule has 1 fully saturated rings. The lowest BCUT2D eigenvalue weighted by molar-refractivity contribution is -0.151. The zero-order valence-corrected chi connectivity index (χ0v) is 14.2. The van der Waals surface area contributed by atoms with Crippen LogP contribution in [-0.2, 0) is 19.1 Å². The monoisotopic (exact) mass is 349 g/mol. The molecular weight excluding hydrogens is 330 g/mol. The van der Waals surface area contributed by atoms with E-state index >= 15 is 0 Å². The van der Waals surface area contributed by atoms with Crippen molar-refractivity contribution in [3.63, 3.8) is 0 Å². The van der Waals surface area contributed by atoms with Gasteiger partial charge in [-0.15, -0.1) is 0 Å². The smallest absolute Gasteiger partial charge is 0.326 e. The van der Waals surface area contributed by atoms with E-state index in [0.29, 0.717) is 5.56 Å². The Hall–Kier alpha value is -2.28. The normalized spacial score (nSPS) is 24.2. The van der Waals surface area contributed by atoms with Crippen LogP contribution in [0.4, 0.5) is 0 Å². The predicted octanol–water partition coefficient (Wildman–Crippen LogP) is 1.84. The van der Waals surface area contributed by atoms with Gasteiger partial charge in [-0.05, 0) is 24.3 Å². The van der Waals surface area contributed by atoms with E-state index in [9.17, 15) is 19.5 Å². The van der Waals surface area contributed by atoms with Crippen LogP contribution in [0, 0.1) is 11.8 Å². The number of amides is 1. The van der Waals surface area contributed by atoms with Crippen LogP contribution >= 0.6 is 12.2 Å². The van der Waals surface area contributed by atoms with Crippen molar-refractivity contribution in [2.24, 2.45) is 11.8 Å². The zero-order chi connectivity index (χ0) is 17.9. The lowest BCUT2D eigenvalue weighted by Crippen LogP contribution is -2.44. The first kappa shape index (κ1) is 18.1. The lowest BCUT2D eigenvalue weighted by atomic mass is 9.93. The van der Waals surface area contributed by atoms with Gasteiger partial charge in [0, 0.05) is 0 Å². The van der Waals surface area contributed by atoms with Crippen LogP contribution in [0.5, 0.6) is 0 Å². The number of esters is 1. The van der Waals surface area contributed by atoms with Crippen molar-refractivity contribution < 1.29 is 24.2 Å². The number of methoxy groups -OCH3 is 1. The number of hydrogen-bond donors (Lipinski definition) is 1. The van der Waals surface area contributed by atoms with E-state index in [-0.39, 0.29) is 6.42 Å². The van der Waals surface area contributed by atoms with Crippen molar-refractivity contribution in [3.05, 3.63) is 35.9 Å². The SMILES string of the molecule is COC(=O)C1CC(C(=O)O)N(C(=O)[C@H](C)C=S)C1c1ccccc1. The van der Waals surface area contributed by atoms with Crippen LogP contribution in [0.1, 0.15) is 24.9 Å². The van der Waals surface area contributed by atoms with Crippen molar-refractivity contribution in [3.8, 4) is 0 Å². The number of carbonyl (C=O) groups excluding carboxylic acids is 2. The molecule has 1 saturated heterocycles. The first-order valence-electron chi connectivity index (χ1n) is 7.55. The number of hydrogen-bond acceptors (Lipinski definition) is 5. The van der Waals surface area contributed by atoms with E-state index in [2.05, 4.69) is 0 Å². The predicted molar refractivity (Wildman–Crippen MR) is 90.4 cm³/mol. The molecule has 1 aliphatic heterocycles. The van der Waals surface area contributed by atoms with Crippen LogP contribution in [0.3, 0.4) is 0 Å². The highest BCUT2D eigenvalue weighted by atomic mass is 32.1. The first-order valence-corrected chi connectivity index (χ1v) is 8.02. The summed E-state index contributed by atoms with van der Waals surface area (Å²) in [7, 11) is 1.25. The molecule has 0 aliphatic carbocycles. The number of benzene rings is 1. The molecule has 1 aromatic rings. The number of nitrogens with zero attached hydrogens (tertiary/aromatic N) is 1. The topological polar surface area (TPSA) is 83.9 Å². The number of carboxylic acids is 1. The van der Waals surface area contributed by atoms with Gasteiger partial charge in [-0.3, -0.25) is 9.59 Å². The minimum Gasteiger partial charge on any atom is -0.480 e. The van der Waals surface area contributed by atoms with Crippen molar-refractivity contribution in [1.29, 1.82) is 0 Å². The van der Waals surface area contributed by atoms with E-state index in [4.69, 9.17) is 17.0 Å². The fourth-order valence-corrected chi connectivity index (χ4v) is 3.21. The van der Waals surface area contributed by atoms with Gasteiger partial charge in [0.2, 0.25) is 5.91 Å². The maximum Gasteiger partial charge on any atom is 0.326 e. The molecule has 3 unspecified atom stereocenters. The highest BCUT2D eigenvalue weighted by molar-refractivity contribution is 7.79. The molecule has 1 N–H and O–H groups in total. The summed E-state index contributed by atoms with van der Waals surface area (Å²) in [5.41, 5.74) is 0.696. The molecule has 1 aliphatic rings. The minimum absolute atomic E-state index is 0.0114. The van der Waals surface area contributed by atoms with Crippen LogP contribution in [0.25, 0.3) is 0 Å². The Bertz CT molecular complexity index is 648. The minimum atomic E-state index is -1.15. The summed E-state index contributed by atoms with van der Waals surface area (Å²) in [6.07, 6.45) is 0.0114. The van der Waals surface area contributed by atoms with Gasteiger partial charge in [-0.25, -0.2) is 4.79 Å². The Morgan fingerprint density at radius 1 is 1.33 bits per heavy atom. The van der Waals surface area contributed by atoms with Gasteiger partial charge in [0.25, 0.3) is 0 Å². The highest BCUT2D eigenvalue weighted by Crippen LogP contribution is 2.42. The van der Waals surface area contributed by atoms with Crippen molar-refractivity contribution >= 4 is 35.4 Å². The average Bonchev–Trinajstić information content (AvgIpc) is 3.01. The number of thiocarbonyl (C=S) groups is 1. The van der Waals surface area contributed by atoms with Gasteiger partial charge in [0.05, 0.1) is 25.0 Å². The first-order chi connectivity index (χ1) is 11.4. The molecule has 6 nitrogen and oxygen atoms in total. The van der Waals surface area contributed by atoms with E-state index in [1.807, 2.05) is 6.07 Å². The third kappa shape index (κ3) is 3.31. The number of aliphatic carboxylic acids is 1. The van der Waals surface area contributed by atoms with Gasteiger partial charge in [-0.2, -0.15) is 0 Å². The van der Waals surface area contributed by atoms with Crippen LogP contribution < -0.4 is 0 Å². The number of carboxylic acid groups (broad SMARTS) is 1. The molecule has 4 atom stereocenters. The molecule has 0 radical (unpaired) electrons. The molecule has 0 aromatic heterocycles. The molecule has 7 heteroatoms. The molecule has 24 heavy (non-hydrogen) atoms. The lowest BCUT2D eigenvalue weighted by Gasteiger charge is -2.31. The second-order valence-electron chi connectivity index (χ2n) is 5.75. The molecule has 0 spiro atoms. The fourth-order valence-electron chi connectivity index (χ4n) is 3.09. The number of carbonyl (C=O) groups is 3. The average molecular weight is 349 g/mol. The van der Waals surface area contributed by atoms with Gasteiger partial charge in [-0.1, -0.05) is 42.5 Å². The molecule has 0 bridgehead atoms. The Morgan fingerprint density at radius 2 is 1.96 bits per heavy atom. The summed E-state index contributed by atoms with van der Waals surface area (Å²) in [5.74, 6) is -3.44. The number of likely N-dealkylation sites (tertiary alicyclic amines) is 1. The molecule has 1 amide bonds. The fraction of sp³-hybridized carbons (Fsp3) is 0.412. The van der Waals surface area contributed by atoms with Crippen LogP contribution in [-0.4, -0.2) is 46.4 Å². The second-order valence-corrected chi connectivity index (χ2v) is 6.02. The van der Waals surface area contributed by atoms with Gasteiger partial charge < -0.3 is 14.7 Å². The van der Waals surface area contributed by atoms with Crippen molar-refractivity contribution in [2.75, 3.05) is 7.11 Å². The molecule has 2 rings (SSSR count). The standard InChI is InChI=1S/C17H19NO5S/c1-10(9-24)15(19)18-13(16(20)21)8-12(17(22)23-2)14(18)11-6-4-3-5-7-11/h3-7,9-10,12-14H,8H2,1-2H3,(H,20,21)/t10-,12?,13?,14?/m1/s1. The quantitative estimate of drug-likeness (QED) is 0.645. The van der Waals surface area contributed by atoms with Crippen molar-refractivity contribution in [2.45, 2.75) is 25.4 Å². The van der Waals surface area contributed by atoms with Gasteiger partial charge >= 0.3 is 11.9 Å². The maximum absolute atomic E-state index is 12.7. The van der Waals surface area contributed by atoms with E-state index in [1.165, 1.54) is 17.4 Å². The largest absolute Gasteiger partial charge is 0.480 e. The number of ether oxygens (including phenoxy) is 1. The Labute approximate surface area is 145 Å². The summed E-state index contributed by atoms with van der Waals surface area (Å²) in [4.78, 5) is 37.9. The summed E-state index contributed by atoms with van der Waals surface area (Å²) in [6.45, 7) is 1.61. The van der Waals surface area contributed by atoms with Gasteiger partial charge in [0.1, 0.15) is 6.04 Å². The third-order valence-electron chi connectivity index (χ3n) is 4.27. The van der Waals surface area contributed by atoms with Crippen LogP contribution in [0.15, 0.2) is 30.3 Å². The maximum atomic E-state index is 12.7.